The largest absolute Gasteiger partial charge is 0.312 e. The van der Waals surface area contributed by atoms with Crippen LogP contribution >= 0.6 is 0 Å². The smallest absolute Gasteiger partial charge is 0.0205 e. The van der Waals surface area contributed by atoms with Crippen molar-refractivity contribution >= 4 is 0 Å². The van der Waals surface area contributed by atoms with Gasteiger partial charge in [-0.25, -0.2) is 0 Å². The predicted molar refractivity (Wildman–Crippen MR) is 81.3 cm³/mol. The van der Waals surface area contributed by atoms with Crippen molar-refractivity contribution in [1.29, 1.82) is 0 Å². The van der Waals surface area contributed by atoms with E-state index in [0.29, 0.717) is 0 Å². The molecule has 19 heavy (non-hydrogen) atoms. The number of fused-ring (bicyclic) bond motifs is 1. The van der Waals surface area contributed by atoms with Crippen LogP contribution in [0.5, 0.6) is 0 Å². The highest BCUT2D eigenvalue weighted by molar-refractivity contribution is 5.35. The molecule has 0 aromatic heterocycles. The van der Waals surface area contributed by atoms with E-state index >= 15 is 0 Å². The zero-order chi connectivity index (χ0) is 13.1. The predicted octanol–water partition coefficient (Wildman–Crippen LogP) is 4.09. The van der Waals surface area contributed by atoms with Gasteiger partial charge in [-0.1, -0.05) is 38.0 Å². The average Bonchev–Trinajstić information content (AvgIpc) is 2.86. The lowest BCUT2D eigenvalue weighted by Crippen LogP contribution is -2.26. The minimum Gasteiger partial charge on any atom is -0.312 e. The Balaban J connectivity index is 1.47. The van der Waals surface area contributed by atoms with Gasteiger partial charge in [-0.05, 0) is 67.2 Å². The topological polar surface area (TPSA) is 12.0 Å². The highest BCUT2D eigenvalue weighted by atomic mass is 14.9. The highest BCUT2D eigenvalue weighted by Gasteiger charge is 2.18. The van der Waals surface area contributed by atoms with Crippen molar-refractivity contribution in [2.75, 3.05) is 6.54 Å². The van der Waals surface area contributed by atoms with Gasteiger partial charge in [0.2, 0.25) is 0 Å². The number of benzene rings is 1. The molecule has 2 unspecified atom stereocenters. The molecule has 1 aromatic carbocycles. The third kappa shape index (κ3) is 3.39. The van der Waals surface area contributed by atoms with Crippen molar-refractivity contribution in [2.45, 2.75) is 58.4 Å². The maximum absolute atomic E-state index is 3.68. The van der Waals surface area contributed by atoms with Gasteiger partial charge >= 0.3 is 0 Å². The first-order valence-electron chi connectivity index (χ1n) is 8.12. The van der Waals surface area contributed by atoms with Crippen LogP contribution in [0, 0.1) is 11.8 Å². The molecule has 1 aromatic rings. The van der Waals surface area contributed by atoms with Crippen molar-refractivity contribution in [3.63, 3.8) is 0 Å². The summed E-state index contributed by atoms with van der Waals surface area (Å²) in [5, 5.41) is 3.68. The Kier molecular flexibility index (Phi) is 4.22. The summed E-state index contributed by atoms with van der Waals surface area (Å²) in [6, 6.07) is 7.10. The van der Waals surface area contributed by atoms with E-state index in [1.807, 2.05) is 0 Å². The monoisotopic (exact) mass is 257 g/mol. The van der Waals surface area contributed by atoms with Crippen LogP contribution in [0.25, 0.3) is 0 Å². The van der Waals surface area contributed by atoms with Gasteiger partial charge in [0, 0.05) is 6.54 Å². The van der Waals surface area contributed by atoms with Crippen molar-refractivity contribution in [3.05, 3.63) is 34.9 Å². The molecule has 0 bridgehead atoms. The Morgan fingerprint density at radius 3 is 2.89 bits per heavy atom. The van der Waals surface area contributed by atoms with Crippen molar-refractivity contribution < 1.29 is 0 Å². The standard InChI is InChI=1S/C18H27N/c1-14-4-2-5-15(10-14)12-19-13-16-8-9-17-6-3-7-18(17)11-16/h8-9,11,14-15,19H,2-7,10,12-13H2,1H3. The summed E-state index contributed by atoms with van der Waals surface area (Å²) in [5.41, 5.74) is 4.67. The van der Waals surface area contributed by atoms with Crippen LogP contribution in [0.3, 0.4) is 0 Å². The van der Waals surface area contributed by atoms with E-state index in [9.17, 15) is 0 Å². The zero-order valence-corrected chi connectivity index (χ0v) is 12.3. The quantitative estimate of drug-likeness (QED) is 0.856. The van der Waals surface area contributed by atoms with E-state index in [2.05, 4.69) is 30.4 Å². The maximum Gasteiger partial charge on any atom is 0.0205 e. The lowest BCUT2D eigenvalue weighted by Gasteiger charge is -2.26. The van der Waals surface area contributed by atoms with Gasteiger partial charge in [-0.3, -0.25) is 0 Å². The second kappa shape index (κ2) is 6.09. The van der Waals surface area contributed by atoms with Gasteiger partial charge in [0.15, 0.2) is 0 Å². The van der Waals surface area contributed by atoms with Crippen LogP contribution in [0.1, 0.15) is 55.7 Å². The van der Waals surface area contributed by atoms with E-state index in [1.165, 1.54) is 57.1 Å². The Hall–Kier alpha value is -0.820. The molecule has 0 amide bonds. The van der Waals surface area contributed by atoms with Crippen LogP contribution in [-0.2, 0) is 19.4 Å². The minimum atomic E-state index is 0.915. The number of hydrogen-bond donors (Lipinski definition) is 1. The summed E-state index contributed by atoms with van der Waals surface area (Å²) in [4.78, 5) is 0. The Morgan fingerprint density at radius 1 is 1.11 bits per heavy atom. The number of aryl methyl sites for hydroxylation is 2. The average molecular weight is 257 g/mol. The Morgan fingerprint density at radius 2 is 2.00 bits per heavy atom. The molecule has 0 saturated heterocycles. The van der Waals surface area contributed by atoms with E-state index < -0.39 is 0 Å². The number of hydrogen-bond acceptors (Lipinski definition) is 1. The lowest BCUT2D eigenvalue weighted by molar-refractivity contribution is 0.274. The fraction of sp³-hybridized carbons (Fsp3) is 0.667. The Labute approximate surface area is 117 Å². The summed E-state index contributed by atoms with van der Waals surface area (Å²) >= 11 is 0. The molecule has 1 saturated carbocycles. The second-order valence-electron chi connectivity index (χ2n) is 6.73. The minimum absolute atomic E-state index is 0.915. The molecule has 1 nitrogen and oxygen atoms in total. The van der Waals surface area contributed by atoms with Crippen molar-refractivity contribution in [2.24, 2.45) is 11.8 Å². The molecule has 2 atom stereocenters. The second-order valence-corrected chi connectivity index (χ2v) is 6.73. The summed E-state index contributed by atoms with van der Waals surface area (Å²) in [5.74, 6) is 1.86. The van der Waals surface area contributed by atoms with Crippen molar-refractivity contribution in [3.8, 4) is 0 Å². The molecule has 2 aliphatic rings. The van der Waals surface area contributed by atoms with Gasteiger partial charge < -0.3 is 5.32 Å². The van der Waals surface area contributed by atoms with Gasteiger partial charge in [-0.15, -0.1) is 0 Å². The van der Waals surface area contributed by atoms with Crippen LogP contribution < -0.4 is 5.32 Å². The summed E-state index contributed by atoms with van der Waals surface area (Å²) in [6.45, 7) is 4.67. The molecule has 0 radical (unpaired) electrons. The normalized spacial score (nSPS) is 26.4. The first kappa shape index (κ1) is 13.2. The lowest BCUT2D eigenvalue weighted by atomic mass is 9.82. The van der Waals surface area contributed by atoms with Gasteiger partial charge in [0.25, 0.3) is 0 Å². The molecule has 1 fully saturated rings. The first-order chi connectivity index (χ1) is 9.31. The summed E-state index contributed by atoms with van der Waals surface area (Å²) in [6.07, 6.45) is 9.69. The molecule has 3 rings (SSSR count). The van der Waals surface area contributed by atoms with Crippen LogP contribution in [-0.4, -0.2) is 6.54 Å². The molecule has 1 heteroatoms. The number of rotatable bonds is 4. The van der Waals surface area contributed by atoms with E-state index in [0.717, 1.165) is 18.4 Å². The van der Waals surface area contributed by atoms with Gasteiger partial charge in [0.05, 0.1) is 0 Å². The molecule has 1 N–H and O–H groups in total. The molecule has 0 spiro atoms. The summed E-state index contributed by atoms with van der Waals surface area (Å²) in [7, 11) is 0. The first-order valence-corrected chi connectivity index (χ1v) is 8.12. The molecule has 2 aliphatic carbocycles. The molecular formula is C18H27N. The fourth-order valence-electron chi connectivity index (χ4n) is 3.90. The van der Waals surface area contributed by atoms with Gasteiger partial charge in [0.1, 0.15) is 0 Å². The molecular weight excluding hydrogens is 230 g/mol. The molecule has 0 aliphatic heterocycles. The van der Waals surface area contributed by atoms with E-state index in [-0.39, 0.29) is 0 Å². The van der Waals surface area contributed by atoms with Crippen LogP contribution in [0.2, 0.25) is 0 Å². The molecule has 0 heterocycles. The fourth-order valence-corrected chi connectivity index (χ4v) is 3.90. The van der Waals surface area contributed by atoms with Gasteiger partial charge in [-0.2, -0.15) is 0 Å². The maximum atomic E-state index is 3.68. The third-order valence-electron chi connectivity index (χ3n) is 4.97. The molecule has 104 valence electrons. The zero-order valence-electron chi connectivity index (χ0n) is 12.3. The third-order valence-corrected chi connectivity index (χ3v) is 4.97. The van der Waals surface area contributed by atoms with E-state index in [1.54, 1.807) is 11.1 Å². The Bertz CT molecular complexity index is 424. The highest BCUT2D eigenvalue weighted by Crippen LogP contribution is 2.28. The van der Waals surface area contributed by atoms with Crippen LogP contribution in [0.15, 0.2) is 18.2 Å². The van der Waals surface area contributed by atoms with E-state index in [4.69, 9.17) is 0 Å². The van der Waals surface area contributed by atoms with Crippen molar-refractivity contribution in [1.82, 2.24) is 5.32 Å². The summed E-state index contributed by atoms with van der Waals surface area (Å²) < 4.78 is 0. The van der Waals surface area contributed by atoms with Crippen LogP contribution in [0.4, 0.5) is 0 Å². The number of nitrogens with one attached hydrogen (secondary N) is 1. The SMILES string of the molecule is CC1CCCC(CNCc2ccc3c(c2)CCC3)C1.